The van der Waals surface area contributed by atoms with Gasteiger partial charge in [0.25, 0.3) is 0 Å². The van der Waals surface area contributed by atoms with Crippen LogP contribution >= 0.6 is 0 Å². The lowest BCUT2D eigenvalue weighted by atomic mass is 9.98. The number of hydrogen-bond acceptors (Lipinski definition) is 2. The van der Waals surface area contributed by atoms with Crippen LogP contribution in [0.1, 0.15) is 13.8 Å². The molecule has 0 aliphatic carbocycles. The zero-order chi connectivity index (χ0) is 8.58. The van der Waals surface area contributed by atoms with Gasteiger partial charge in [-0.05, 0) is 13.8 Å². The van der Waals surface area contributed by atoms with Gasteiger partial charge in [-0.1, -0.05) is 0 Å². The number of rotatable bonds is 1. The first-order valence-corrected chi connectivity index (χ1v) is 2.74. The molecule has 0 aliphatic heterocycles. The monoisotopic (exact) mass is 157 g/mol. The standard InChI is InChI=1S/C5H10F3NO/c1-3(9)4(2,10)5(6,7)8/h3,10H,9H2,1-2H3/t3-,4+/m0/s1. The highest BCUT2D eigenvalue weighted by Gasteiger charge is 2.52. The molecule has 0 bridgehead atoms. The van der Waals surface area contributed by atoms with Gasteiger partial charge in [0.15, 0.2) is 5.60 Å². The number of halogens is 3. The van der Waals surface area contributed by atoms with Crippen LogP contribution in [0.15, 0.2) is 0 Å². The van der Waals surface area contributed by atoms with Crippen LogP contribution in [0, 0.1) is 0 Å². The van der Waals surface area contributed by atoms with Gasteiger partial charge < -0.3 is 10.8 Å². The number of hydrogen-bond donors (Lipinski definition) is 2. The van der Waals surface area contributed by atoms with E-state index < -0.39 is 17.8 Å². The maximum absolute atomic E-state index is 11.8. The van der Waals surface area contributed by atoms with E-state index in [1.807, 2.05) is 0 Å². The van der Waals surface area contributed by atoms with Gasteiger partial charge in [-0.3, -0.25) is 0 Å². The highest BCUT2D eigenvalue weighted by molar-refractivity contribution is 4.88. The molecule has 3 N–H and O–H groups in total. The van der Waals surface area contributed by atoms with Gasteiger partial charge in [0.05, 0.1) is 0 Å². The first-order chi connectivity index (χ1) is 4.19. The quantitative estimate of drug-likeness (QED) is 0.587. The third-order valence-electron chi connectivity index (χ3n) is 1.46. The largest absolute Gasteiger partial charge is 0.418 e. The fourth-order valence-electron chi connectivity index (χ4n) is 0.258. The summed E-state index contributed by atoms with van der Waals surface area (Å²) in [5, 5.41) is 8.68. The highest BCUT2D eigenvalue weighted by atomic mass is 19.4. The summed E-state index contributed by atoms with van der Waals surface area (Å²) in [5.41, 5.74) is 2.10. The first-order valence-electron chi connectivity index (χ1n) is 2.74. The molecule has 0 spiro atoms. The Balaban J connectivity index is 4.40. The summed E-state index contributed by atoms with van der Waals surface area (Å²) in [7, 11) is 0. The number of nitrogens with two attached hydrogens (primary N) is 1. The van der Waals surface area contributed by atoms with E-state index in [0.29, 0.717) is 6.92 Å². The molecule has 2 nitrogen and oxygen atoms in total. The second kappa shape index (κ2) is 2.39. The summed E-state index contributed by atoms with van der Waals surface area (Å²) in [6.07, 6.45) is -4.65. The zero-order valence-electron chi connectivity index (χ0n) is 5.74. The van der Waals surface area contributed by atoms with Crippen molar-refractivity contribution in [2.75, 3.05) is 0 Å². The lowest BCUT2D eigenvalue weighted by molar-refractivity contribution is -0.258. The molecule has 0 aromatic rings. The van der Waals surface area contributed by atoms with Gasteiger partial charge in [0.1, 0.15) is 0 Å². The van der Waals surface area contributed by atoms with Crippen LogP contribution in [-0.4, -0.2) is 22.9 Å². The van der Waals surface area contributed by atoms with Crippen molar-refractivity contribution in [2.24, 2.45) is 5.73 Å². The van der Waals surface area contributed by atoms with Crippen molar-refractivity contribution >= 4 is 0 Å². The van der Waals surface area contributed by atoms with E-state index >= 15 is 0 Å². The molecule has 0 unspecified atom stereocenters. The Morgan fingerprint density at radius 1 is 1.40 bits per heavy atom. The maximum atomic E-state index is 11.8. The Labute approximate surface area is 56.8 Å². The van der Waals surface area contributed by atoms with Gasteiger partial charge >= 0.3 is 6.18 Å². The summed E-state index contributed by atoms with van der Waals surface area (Å²) < 4.78 is 35.3. The van der Waals surface area contributed by atoms with Crippen molar-refractivity contribution in [2.45, 2.75) is 31.7 Å². The van der Waals surface area contributed by atoms with Gasteiger partial charge in [-0.25, -0.2) is 0 Å². The minimum atomic E-state index is -4.65. The Morgan fingerprint density at radius 2 is 1.70 bits per heavy atom. The summed E-state index contributed by atoms with van der Waals surface area (Å²) in [6.45, 7) is 1.76. The molecule has 10 heavy (non-hydrogen) atoms. The number of alkyl halides is 3. The lowest BCUT2D eigenvalue weighted by Crippen LogP contribution is -2.54. The maximum Gasteiger partial charge on any atom is 0.418 e. The fraction of sp³-hybridized carbons (Fsp3) is 1.00. The summed E-state index contributed by atoms with van der Waals surface area (Å²) in [6, 6.07) is -1.31. The van der Waals surface area contributed by atoms with E-state index in [1.165, 1.54) is 0 Å². The molecular weight excluding hydrogens is 147 g/mol. The van der Waals surface area contributed by atoms with Gasteiger partial charge in [-0.2, -0.15) is 13.2 Å². The van der Waals surface area contributed by atoms with Crippen LogP contribution in [0.25, 0.3) is 0 Å². The average Bonchev–Trinajstić information content (AvgIpc) is 1.62. The Morgan fingerprint density at radius 3 is 1.70 bits per heavy atom. The topological polar surface area (TPSA) is 46.2 Å². The van der Waals surface area contributed by atoms with Crippen LogP contribution in [0.2, 0.25) is 0 Å². The Kier molecular flexibility index (Phi) is 2.32. The molecule has 2 atom stereocenters. The average molecular weight is 157 g/mol. The van der Waals surface area contributed by atoms with E-state index in [2.05, 4.69) is 0 Å². The normalized spacial score (nSPS) is 21.9. The molecule has 0 aromatic heterocycles. The van der Waals surface area contributed by atoms with E-state index in [0.717, 1.165) is 6.92 Å². The number of aliphatic hydroxyl groups is 1. The van der Waals surface area contributed by atoms with Crippen molar-refractivity contribution in [1.82, 2.24) is 0 Å². The molecule has 0 aromatic carbocycles. The predicted octanol–water partition coefficient (Wildman–Crippen LogP) is 0.647. The zero-order valence-corrected chi connectivity index (χ0v) is 5.74. The molecular formula is C5H10F3NO. The molecule has 0 saturated heterocycles. The van der Waals surface area contributed by atoms with Crippen LogP contribution in [0.4, 0.5) is 13.2 Å². The van der Waals surface area contributed by atoms with Gasteiger partial charge in [0, 0.05) is 6.04 Å². The van der Waals surface area contributed by atoms with Gasteiger partial charge in [-0.15, -0.1) is 0 Å². The first kappa shape index (κ1) is 9.71. The van der Waals surface area contributed by atoms with Crippen LogP contribution in [-0.2, 0) is 0 Å². The van der Waals surface area contributed by atoms with Crippen molar-refractivity contribution < 1.29 is 18.3 Å². The molecule has 0 radical (unpaired) electrons. The van der Waals surface area contributed by atoms with Crippen molar-refractivity contribution in [1.29, 1.82) is 0 Å². The van der Waals surface area contributed by atoms with Crippen molar-refractivity contribution in [3.63, 3.8) is 0 Å². The Bertz CT molecular complexity index is 119. The van der Waals surface area contributed by atoms with E-state index in [4.69, 9.17) is 10.8 Å². The van der Waals surface area contributed by atoms with Crippen LogP contribution in [0.3, 0.4) is 0 Å². The summed E-state index contributed by atoms with van der Waals surface area (Å²) in [4.78, 5) is 0. The minimum absolute atomic E-state index is 0.650. The summed E-state index contributed by atoms with van der Waals surface area (Å²) >= 11 is 0. The minimum Gasteiger partial charge on any atom is -0.379 e. The smallest absolute Gasteiger partial charge is 0.379 e. The SMILES string of the molecule is C[C@H](N)[C@@](C)(O)C(F)(F)F. The molecule has 0 amide bonds. The third-order valence-corrected chi connectivity index (χ3v) is 1.46. The van der Waals surface area contributed by atoms with E-state index in [1.54, 1.807) is 0 Å². The lowest BCUT2D eigenvalue weighted by Gasteiger charge is -2.29. The molecule has 0 aliphatic rings. The van der Waals surface area contributed by atoms with E-state index in [9.17, 15) is 13.2 Å². The molecule has 5 heteroatoms. The van der Waals surface area contributed by atoms with Gasteiger partial charge in [0.2, 0.25) is 0 Å². The highest BCUT2D eigenvalue weighted by Crippen LogP contribution is 2.31. The summed E-state index contributed by atoms with van der Waals surface area (Å²) in [5.74, 6) is 0. The van der Waals surface area contributed by atoms with Crippen molar-refractivity contribution in [3.8, 4) is 0 Å². The van der Waals surface area contributed by atoms with Crippen molar-refractivity contribution in [3.05, 3.63) is 0 Å². The predicted molar refractivity (Wildman–Crippen MR) is 30.3 cm³/mol. The molecule has 0 saturated carbocycles. The molecule has 62 valence electrons. The second-order valence-corrected chi connectivity index (χ2v) is 2.43. The van der Waals surface area contributed by atoms with Crippen LogP contribution in [0.5, 0.6) is 0 Å². The Hall–Kier alpha value is -0.290. The molecule has 0 rings (SSSR count). The third kappa shape index (κ3) is 1.60. The second-order valence-electron chi connectivity index (χ2n) is 2.43. The molecule has 0 heterocycles. The van der Waals surface area contributed by atoms with Crippen LogP contribution < -0.4 is 5.73 Å². The molecule has 0 fully saturated rings. The fourth-order valence-corrected chi connectivity index (χ4v) is 0.258. The van der Waals surface area contributed by atoms with E-state index in [-0.39, 0.29) is 0 Å².